The number of aliphatic hydroxyl groups is 1. The SMILES string of the molecule is O=C(O)[C@@H]1[C@H]2CCC[C@@H](CN1C(=O)C(O)(c1ccccc1)c1ccccc1)N2C(=O)C(c1ccccc1)c1ccccc1. The van der Waals surface area contributed by atoms with Gasteiger partial charge in [0.25, 0.3) is 5.91 Å². The van der Waals surface area contributed by atoms with Gasteiger partial charge in [-0.3, -0.25) is 9.59 Å². The van der Waals surface area contributed by atoms with Crippen molar-refractivity contribution in [3.63, 3.8) is 0 Å². The topological polar surface area (TPSA) is 98.2 Å². The van der Waals surface area contributed by atoms with E-state index in [0.717, 1.165) is 17.5 Å². The number of nitrogens with zero attached hydrogens (tertiary/aromatic N) is 2. The number of hydrogen-bond acceptors (Lipinski definition) is 4. The molecule has 2 amide bonds. The van der Waals surface area contributed by atoms with Gasteiger partial charge in [0.1, 0.15) is 6.04 Å². The van der Waals surface area contributed by atoms with E-state index >= 15 is 0 Å². The van der Waals surface area contributed by atoms with Crippen molar-refractivity contribution in [2.45, 2.75) is 48.9 Å². The fourth-order valence-electron chi connectivity index (χ4n) is 6.90. The van der Waals surface area contributed by atoms with Crippen molar-refractivity contribution < 1.29 is 24.6 Å². The number of amides is 2. The minimum atomic E-state index is -2.10. The summed E-state index contributed by atoms with van der Waals surface area (Å²) in [4.78, 5) is 45.2. The molecule has 3 atom stereocenters. The Bertz CT molecular complexity index is 1500. The molecule has 7 heteroatoms. The van der Waals surface area contributed by atoms with E-state index in [1.807, 2.05) is 60.7 Å². The Morgan fingerprint density at radius 2 is 1.16 bits per heavy atom. The van der Waals surface area contributed by atoms with Crippen LogP contribution in [0.25, 0.3) is 0 Å². The lowest BCUT2D eigenvalue weighted by Crippen LogP contribution is -2.72. The molecule has 2 fully saturated rings. The maximum Gasteiger partial charge on any atom is 0.328 e. The van der Waals surface area contributed by atoms with Gasteiger partial charge in [0.2, 0.25) is 5.91 Å². The third-order valence-corrected chi connectivity index (χ3v) is 8.87. The van der Waals surface area contributed by atoms with E-state index in [9.17, 15) is 24.6 Å². The molecule has 4 aromatic carbocycles. The van der Waals surface area contributed by atoms with E-state index in [1.54, 1.807) is 65.6 Å². The fraction of sp³-hybridized carbons (Fsp3) is 0.250. The van der Waals surface area contributed by atoms with Crippen LogP contribution in [0.2, 0.25) is 0 Å². The maximum absolute atomic E-state index is 14.6. The Morgan fingerprint density at radius 1 is 0.698 bits per heavy atom. The molecule has 2 bridgehead atoms. The first-order valence-electron chi connectivity index (χ1n) is 14.7. The Labute approximate surface area is 251 Å². The van der Waals surface area contributed by atoms with Gasteiger partial charge >= 0.3 is 5.97 Å². The lowest BCUT2D eigenvalue weighted by molar-refractivity contribution is -0.175. The van der Waals surface area contributed by atoms with Crippen molar-refractivity contribution in [1.29, 1.82) is 0 Å². The Hall–Kier alpha value is -4.75. The molecule has 0 spiro atoms. The van der Waals surface area contributed by atoms with Gasteiger partial charge in [-0.1, -0.05) is 121 Å². The van der Waals surface area contributed by atoms with Crippen molar-refractivity contribution in [3.8, 4) is 0 Å². The quantitative estimate of drug-likeness (QED) is 0.331. The largest absolute Gasteiger partial charge is 0.480 e. The zero-order valence-electron chi connectivity index (χ0n) is 23.7. The van der Waals surface area contributed by atoms with Crippen LogP contribution in [0.15, 0.2) is 121 Å². The van der Waals surface area contributed by atoms with Gasteiger partial charge in [-0.2, -0.15) is 0 Å². The van der Waals surface area contributed by atoms with Gasteiger partial charge in [-0.15, -0.1) is 0 Å². The zero-order valence-corrected chi connectivity index (χ0v) is 23.7. The first-order chi connectivity index (χ1) is 20.9. The molecular formula is C36H34N2O5. The van der Waals surface area contributed by atoms with Crippen molar-refractivity contribution in [1.82, 2.24) is 9.80 Å². The first kappa shape index (κ1) is 28.4. The number of carbonyl (C=O) groups excluding carboxylic acids is 2. The number of carboxylic acids is 1. The van der Waals surface area contributed by atoms with Gasteiger partial charge in [0.15, 0.2) is 5.60 Å². The number of hydrogen-bond donors (Lipinski definition) is 2. The van der Waals surface area contributed by atoms with Crippen LogP contribution in [0, 0.1) is 0 Å². The normalized spacial score (nSPS) is 20.1. The van der Waals surface area contributed by atoms with Crippen LogP contribution in [0.5, 0.6) is 0 Å². The summed E-state index contributed by atoms with van der Waals surface area (Å²) in [7, 11) is 0. The predicted molar refractivity (Wildman–Crippen MR) is 162 cm³/mol. The molecule has 0 aliphatic carbocycles. The number of rotatable bonds is 7. The molecule has 4 aromatic rings. The summed E-state index contributed by atoms with van der Waals surface area (Å²) in [6.07, 6.45) is 1.81. The summed E-state index contributed by atoms with van der Waals surface area (Å²) in [6, 6.07) is 33.8. The van der Waals surface area contributed by atoms with E-state index in [4.69, 9.17) is 0 Å². The van der Waals surface area contributed by atoms with E-state index in [2.05, 4.69) is 0 Å². The van der Waals surface area contributed by atoms with Gasteiger partial charge in [0.05, 0.1) is 12.0 Å². The van der Waals surface area contributed by atoms with E-state index in [-0.39, 0.29) is 12.5 Å². The third-order valence-electron chi connectivity index (χ3n) is 8.87. The van der Waals surface area contributed by atoms with Crippen molar-refractivity contribution >= 4 is 17.8 Å². The molecule has 218 valence electrons. The van der Waals surface area contributed by atoms with Gasteiger partial charge < -0.3 is 20.0 Å². The summed E-state index contributed by atoms with van der Waals surface area (Å²) >= 11 is 0. The molecule has 0 saturated carbocycles. The lowest BCUT2D eigenvalue weighted by Gasteiger charge is -2.54. The van der Waals surface area contributed by atoms with E-state index in [0.29, 0.717) is 24.0 Å². The van der Waals surface area contributed by atoms with Gasteiger partial charge in [-0.05, 0) is 41.5 Å². The molecule has 2 heterocycles. The first-order valence-corrected chi connectivity index (χ1v) is 14.7. The molecule has 6 rings (SSSR count). The van der Waals surface area contributed by atoms with Crippen molar-refractivity contribution in [3.05, 3.63) is 144 Å². The number of likely N-dealkylation sites (tertiary alicyclic amines) is 1. The van der Waals surface area contributed by atoms with E-state index in [1.165, 1.54) is 4.90 Å². The molecule has 2 saturated heterocycles. The highest BCUT2D eigenvalue weighted by Gasteiger charge is 2.55. The van der Waals surface area contributed by atoms with Crippen LogP contribution >= 0.6 is 0 Å². The highest BCUT2D eigenvalue weighted by atomic mass is 16.4. The number of piperazine rings is 1. The van der Waals surface area contributed by atoms with Crippen LogP contribution in [-0.4, -0.2) is 62.5 Å². The highest BCUT2D eigenvalue weighted by Crippen LogP contribution is 2.40. The molecule has 2 N–H and O–H groups in total. The number of aliphatic carboxylic acids is 1. The molecule has 2 aliphatic heterocycles. The van der Waals surface area contributed by atoms with Crippen molar-refractivity contribution in [2.24, 2.45) is 0 Å². The molecule has 2 aliphatic rings. The Kier molecular flexibility index (Phi) is 7.82. The van der Waals surface area contributed by atoms with Crippen LogP contribution in [-0.2, 0) is 20.0 Å². The summed E-state index contributed by atoms with van der Waals surface area (Å²) < 4.78 is 0. The monoisotopic (exact) mass is 574 g/mol. The predicted octanol–water partition coefficient (Wildman–Crippen LogP) is 4.80. The molecule has 43 heavy (non-hydrogen) atoms. The summed E-state index contributed by atoms with van der Waals surface area (Å²) in [5, 5.41) is 22.9. The number of fused-ring (bicyclic) bond motifs is 2. The van der Waals surface area contributed by atoms with Crippen LogP contribution in [0.1, 0.15) is 47.4 Å². The summed E-state index contributed by atoms with van der Waals surface area (Å²) in [5.41, 5.74) is 0.252. The molecular weight excluding hydrogens is 540 g/mol. The van der Waals surface area contributed by atoms with E-state index < -0.39 is 41.5 Å². The second-order valence-corrected chi connectivity index (χ2v) is 11.3. The van der Waals surface area contributed by atoms with Crippen LogP contribution < -0.4 is 0 Å². The minimum absolute atomic E-state index is 0.0102. The van der Waals surface area contributed by atoms with Gasteiger partial charge in [-0.25, -0.2) is 4.79 Å². The Morgan fingerprint density at radius 3 is 1.63 bits per heavy atom. The average molecular weight is 575 g/mol. The number of benzene rings is 4. The second kappa shape index (κ2) is 11.9. The lowest BCUT2D eigenvalue weighted by atomic mass is 9.80. The second-order valence-electron chi connectivity index (χ2n) is 11.3. The highest BCUT2D eigenvalue weighted by molar-refractivity contribution is 5.95. The standard InChI is InChI=1S/C36H34N2O5/c39-33(31(25-14-5-1-6-15-25)26-16-7-2-8-17-26)38-29-22-13-23-30(38)32(34(40)41)37(24-29)35(42)36(43,27-18-9-3-10-19-27)28-20-11-4-12-21-28/h1-12,14-21,29-32,43H,13,22-24H2,(H,40,41)/t29-,30+,32-/m0/s1. The molecule has 0 aromatic heterocycles. The van der Waals surface area contributed by atoms with Crippen molar-refractivity contribution in [2.75, 3.05) is 6.54 Å². The average Bonchev–Trinajstić information content (AvgIpc) is 3.05. The Balaban J connectivity index is 1.41. The molecule has 7 nitrogen and oxygen atoms in total. The molecule has 0 unspecified atom stereocenters. The van der Waals surface area contributed by atoms with Gasteiger partial charge in [0, 0.05) is 12.6 Å². The molecule has 0 radical (unpaired) electrons. The smallest absolute Gasteiger partial charge is 0.328 e. The fourth-order valence-corrected chi connectivity index (χ4v) is 6.90. The minimum Gasteiger partial charge on any atom is -0.480 e. The van der Waals surface area contributed by atoms with Crippen LogP contribution in [0.3, 0.4) is 0 Å². The number of carboxylic acid groups (broad SMARTS) is 1. The summed E-state index contributed by atoms with van der Waals surface area (Å²) in [5.74, 6) is -2.69. The zero-order chi connectivity index (χ0) is 30.0. The number of carbonyl (C=O) groups is 3. The maximum atomic E-state index is 14.6. The number of piperidine rings is 1. The van der Waals surface area contributed by atoms with Crippen LogP contribution in [0.4, 0.5) is 0 Å². The third kappa shape index (κ3) is 5.10. The summed E-state index contributed by atoms with van der Waals surface area (Å²) in [6.45, 7) is 0.0102.